The van der Waals surface area contributed by atoms with Gasteiger partial charge in [0.1, 0.15) is 40.2 Å². The Kier molecular flexibility index (Phi) is 10.7. The van der Waals surface area contributed by atoms with E-state index in [-0.39, 0.29) is 25.3 Å². The number of thiazole rings is 1. The highest BCUT2D eigenvalue weighted by Crippen LogP contribution is 2.47. The molecule has 2 aromatic heterocycles. The highest BCUT2D eigenvalue weighted by Gasteiger charge is 2.63. The van der Waals surface area contributed by atoms with Crippen LogP contribution in [0.15, 0.2) is 60.1 Å². The van der Waals surface area contributed by atoms with Gasteiger partial charge in [-0.15, -0.1) is 11.3 Å². The van der Waals surface area contributed by atoms with Crippen molar-refractivity contribution < 1.29 is 37.4 Å². The van der Waals surface area contributed by atoms with Crippen molar-refractivity contribution in [2.45, 2.75) is 101 Å². The van der Waals surface area contributed by atoms with Crippen LogP contribution in [0.2, 0.25) is 0 Å². The first-order valence-corrected chi connectivity index (χ1v) is 21.4. The Hall–Kier alpha value is -4.83. The fourth-order valence-corrected chi connectivity index (χ4v) is 9.74. The molecule has 0 radical (unpaired) electrons. The second kappa shape index (κ2) is 15.3. The third-order valence-electron chi connectivity index (χ3n) is 11.6. The average molecular weight is 805 g/mol. The van der Waals surface area contributed by atoms with Crippen molar-refractivity contribution in [3.8, 4) is 27.7 Å². The van der Waals surface area contributed by atoms with Crippen LogP contribution in [0.25, 0.3) is 22.0 Å². The van der Waals surface area contributed by atoms with Gasteiger partial charge in [-0.3, -0.25) is 19.1 Å². The largest absolute Gasteiger partial charge is 0.488 e. The molecule has 4 heterocycles. The number of hydrogen-bond donors (Lipinski definition) is 4. The summed E-state index contributed by atoms with van der Waals surface area (Å²) in [5, 5.41) is 17.7. The molecule has 7 atom stereocenters. The molecular weight excluding hydrogens is 757 g/mol. The molecule has 4 aliphatic rings. The van der Waals surface area contributed by atoms with Crippen molar-refractivity contribution in [1.82, 2.24) is 30.2 Å². The predicted octanol–water partition coefficient (Wildman–Crippen LogP) is 5.05. The number of rotatable bonds is 8. The summed E-state index contributed by atoms with van der Waals surface area (Å²) in [6, 6.07) is 9.12. The Labute approximate surface area is 330 Å². The molecule has 3 fully saturated rings. The number of allylic oxidation sites excluding steroid dienone is 1. The number of aromatic nitrogens is 2. The number of carbonyl (C=O) groups is 4. The Bertz CT molecular complexity index is 2140. The smallest absolute Gasteiger partial charge is 0.405 e. The molecule has 56 heavy (non-hydrogen) atoms. The van der Waals surface area contributed by atoms with Crippen molar-refractivity contribution in [3.05, 3.63) is 65.7 Å². The van der Waals surface area contributed by atoms with Crippen LogP contribution in [-0.4, -0.2) is 87.2 Å². The van der Waals surface area contributed by atoms with E-state index < -0.39 is 74.1 Å². The van der Waals surface area contributed by atoms with Gasteiger partial charge in [0.15, 0.2) is 0 Å². The molecule has 0 spiro atoms. The van der Waals surface area contributed by atoms with Crippen LogP contribution in [0, 0.1) is 24.7 Å². The number of pyridine rings is 1. The van der Waals surface area contributed by atoms with E-state index in [1.165, 1.54) is 16.2 Å². The number of hydrogen-bond acceptors (Lipinski definition) is 10. The summed E-state index contributed by atoms with van der Waals surface area (Å²) in [5.41, 5.74) is 1.61. The molecule has 2 saturated carbocycles. The molecule has 7 rings (SSSR count). The van der Waals surface area contributed by atoms with Crippen LogP contribution in [0.5, 0.6) is 5.75 Å². The van der Waals surface area contributed by atoms with E-state index in [9.17, 15) is 32.7 Å². The quantitative estimate of drug-likeness (QED) is 0.224. The summed E-state index contributed by atoms with van der Waals surface area (Å²) in [4.78, 5) is 65.6. The summed E-state index contributed by atoms with van der Waals surface area (Å²) < 4.78 is 34.1. The van der Waals surface area contributed by atoms with Gasteiger partial charge in [0, 0.05) is 41.6 Å². The molecule has 1 aromatic carbocycles. The number of nitrogens with one attached hydrogen (secondary N) is 3. The van der Waals surface area contributed by atoms with Crippen molar-refractivity contribution in [2.75, 3.05) is 6.54 Å². The van der Waals surface area contributed by atoms with Crippen molar-refractivity contribution in [1.29, 1.82) is 0 Å². The molecule has 2 aliphatic heterocycles. The van der Waals surface area contributed by atoms with Gasteiger partial charge < -0.3 is 25.4 Å². The Morgan fingerprint density at radius 3 is 2.50 bits per heavy atom. The minimum absolute atomic E-state index is 0.0193. The molecule has 0 unspecified atom stereocenters. The van der Waals surface area contributed by atoms with Crippen LogP contribution in [-0.2, 0) is 24.4 Å². The number of amides is 4. The van der Waals surface area contributed by atoms with E-state index >= 15 is 0 Å². The normalized spacial score (nSPS) is 29.4. The lowest BCUT2D eigenvalue weighted by Crippen LogP contribution is -2.59. The lowest BCUT2D eigenvalue weighted by Gasteiger charge is -2.32. The third-order valence-corrected chi connectivity index (χ3v) is 14.6. The Balaban J connectivity index is 1.23. The first kappa shape index (κ1) is 39.4. The third kappa shape index (κ3) is 8.17. The molecule has 1 saturated heterocycles. The van der Waals surface area contributed by atoms with Crippen LogP contribution < -0.4 is 20.1 Å². The lowest BCUT2D eigenvalue weighted by molar-refractivity contribution is -0.142. The van der Waals surface area contributed by atoms with Crippen molar-refractivity contribution in [3.63, 3.8) is 0 Å². The summed E-state index contributed by atoms with van der Waals surface area (Å²) in [5.74, 6) is -2.38. The summed E-state index contributed by atoms with van der Waals surface area (Å²) >= 11 is 1.42. The van der Waals surface area contributed by atoms with E-state index in [0.29, 0.717) is 47.8 Å². The van der Waals surface area contributed by atoms with Gasteiger partial charge >= 0.3 is 6.09 Å². The van der Waals surface area contributed by atoms with Crippen molar-refractivity contribution >= 4 is 45.2 Å². The SMILES string of the molecule is Cc1ccc(-c2cc(O[C@@H]3C[C@H]4C(=O)N[C@]5(C(=O)NS(=O)(=O)C6(C)CC6)C[C@H]5/C=C\CC[C@@H](C)C[C@@H](C)[C@H](NC(=O)O)C(=O)N4C3)cc(-c3nccs3)n2)cc1. The van der Waals surface area contributed by atoms with Gasteiger partial charge in [-0.05, 0) is 64.2 Å². The molecule has 16 heteroatoms. The number of aryl methyl sites for hydroxylation is 1. The maximum Gasteiger partial charge on any atom is 0.405 e. The van der Waals surface area contributed by atoms with Gasteiger partial charge in [0.2, 0.25) is 21.8 Å². The number of nitrogens with zero attached hydrogens (tertiary/aromatic N) is 3. The van der Waals surface area contributed by atoms with E-state index in [4.69, 9.17) is 9.72 Å². The van der Waals surface area contributed by atoms with E-state index in [1.54, 1.807) is 25.3 Å². The molecule has 3 aromatic rings. The van der Waals surface area contributed by atoms with Crippen LogP contribution in [0.1, 0.15) is 71.3 Å². The fourth-order valence-electron chi connectivity index (χ4n) is 7.83. The molecule has 0 bridgehead atoms. The van der Waals surface area contributed by atoms with Crippen LogP contribution in [0.4, 0.5) is 4.79 Å². The maximum absolute atomic E-state index is 14.5. The summed E-state index contributed by atoms with van der Waals surface area (Å²) in [6.07, 6.45) is 6.37. The van der Waals surface area contributed by atoms with E-state index in [2.05, 4.69) is 20.3 Å². The van der Waals surface area contributed by atoms with Crippen LogP contribution >= 0.6 is 11.3 Å². The van der Waals surface area contributed by atoms with Crippen LogP contribution in [0.3, 0.4) is 0 Å². The fraction of sp³-hybridized carbons (Fsp3) is 0.500. The zero-order valence-electron chi connectivity index (χ0n) is 31.9. The lowest BCUT2D eigenvalue weighted by atomic mass is 9.88. The zero-order valence-corrected chi connectivity index (χ0v) is 33.5. The minimum atomic E-state index is -4.01. The highest BCUT2D eigenvalue weighted by atomic mass is 32.2. The van der Waals surface area contributed by atoms with Gasteiger partial charge in [-0.25, -0.2) is 23.2 Å². The number of sulfonamides is 1. The first-order valence-electron chi connectivity index (χ1n) is 19.1. The second-order valence-corrected chi connectivity index (χ2v) is 19.3. The number of fused-ring (bicyclic) bond motifs is 2. The minimum Gasteiger partial charge on any atom is -0.488 e. The van der Waals surface area contributed by atoms with E-state index in [1.807, 2.05) is 62.6 Å². The summed E-state index contributed by atoms with van der Waals surface area (Å²) in [6.45, 7) is 7.38. The first-order chi connectivity index (χ1) is 26.6. The molecule has 14 nitrogen and oxygen atoms in total. The molecule has 298 valence electrons. The summed E-state index contributed by atoms with van der Waals surface area (Å²) in [7, 11) is -4.01. The molecule has 4 amide bonds. The Morgan fingerprint density at radius 1 is 1.09 bits per heavy atom. The van der Waals surface area contributed by atoms with Gasteiger partial charge in [-0.1, -0.05) is 55.8 Å². The number of ether oxygens (including phenoxy) is 1. The predicted molar refractivity (Wildman–Crippen MR) is 210 cm³/mol. The number of benzene rings is 1. The highest BCUT2D eigenvalue weighted by molar-refractivity contribution is 7.91. The van der Waals surface area contributed by atoms with Gasteiger partial charge in [0.25, 0.3) is 5.91 Å². The van der Waals surface area contributed by atoms with E-state index in [0.717, 1.165) is 17.5 Å². The maximum atomic E-state index is 14.5. The standard InChI is InChI=1S/C40H48N6O8S2/c1-23-9-11-26(12-10-23)30-18-28(19-31(42-30)35-41-15-16-55-35)54-29-20-32-34(47)44-40(37(49)45-56(52,53)39(4)13-14-39)21-27(40)8-6-5-7-24(2)17-25(3)33(43-38(50)51)36(48)46(32)22-29/h6,8-12,15-16,18-19,24-25,27,29,32-33,43H,5,7,13-14,17,20-22H2,1-4H3,(H,44,47)(H,45,49)(H,50,51)/b8-6-/t24-,25-,27-,29-,32+,33+,40-/m1/s1. The number of carbonyl (C=O) groups excluding carboxylic acids is 3. The molecular formula is C40H48N6O8S2. The number of carboxylic acid groups (broad SMARTS) is 1. The molecule has 2 aliphatic carbocycles. The molecule has 4 N–H and O–H groups in total. The Morgan fingerprint density at radius 2 is 1.82 bits per heavy atom. The van der Waals surface area contributed by atoms with Crippen molar-refractivity contribution in [2.24, 2.45) is 17.8 Å². The van der Waals surface area contributed by atoms with Gasteiger partial charge in [0.05, 0.1) is 17.0 Å². The second-order valence-electron chi connectivity index (χ2n) is 16.2. The zero-order chi connectivity index (χ0) is 40.0. The average Bonchev–Trinajstić information content (AvgIpc) is 3.89. The monoisotopic (exact) mass is 804 g/mol. The van der Waals surface area contributed by atoms with Gasteiger partial charge in [-0.2, -0.15) is 0 Å². The topological polar surface area (TPSA) is 197 Å².